The van der Waals surface area contributed by atoms with Crippen LogP contribution in [0.5, 0.6) is 5.75 Å². The summed E-state index contributed by atoms with van der Waals surface area (Å²) in [6.07, 6.45) is 1.41. The van der Waals surface area contributed by atoms with Gasteiger partial charge in [0, 0.05) is 11.5 Å². The number of aliphatic hydroxyl groups is 1. The van der Waals surface area contributed by atoms with Crippen molar-refractivity contribution in [2.24, 2.45) is 5.73 Å². The summed E-state index contributed by atoms with van der Waals surface area (Å²) < 4.78 is 7.92. The molecule has 0 bridgehead atoms. The van der Waals surface area contributed by atoms with Crippen LogP contribution in [0.4, 0.5) is 0 Å². The highest BCUT2D eigenvalue weighted by Crippen LogP contribution is 2.44. The van der Waals surface area contributed by atoms with E-state index in [2.05, 4.69) is 21.4 Å². The number of imidazole rings is 1. The number of ether oxygens (including phenoxy) is 1. The van der Waals surface area contributed by atoms with Crippen molar-refractivity contribution in [3.05, 3.63) is 35.2 Å². The van der Waals surface area contributed by atoms with Gasteiger partial charge >= 0.3 is 0 Å². The SMILES string of the molecule is CC(O)C#Cc1ccc2c(c1)-c1nc(C(N)=O)c(C3CC3)n1CCO2. The first-order valence-electron chi connectivity index (χ1n) is 8.41. The molecular weight excluding hydrogens is 318 g/mol. The highest BCUT2D eigenvalue weighted by Gasteiger charge is 2.35. The summed E-state index contributed by atoms with van der Waals surface area (Å²) >= 11 is 0. The van der Waals surface area contributed by atoms with E-state index < -0.39 is 12.0 Å². The standard InChI is InChI=1S/C19H19N3O3/c1-11(23)2-3-12-4-7-15-14(10-12)19-21-16(18(20)24)17(13-5-6-13)22(19)8-9-25-15/h4,7,10-11,13,23H,5-6,8-9H2,1H3,(H2,20,24). The summed E-state index contributed by atoms with van der Waals surface area (Å²) in [5.74, 6) is 6.95. The van der Waals surface area contributed by atoms with Gasteiger partial charge in [0.25, 0.3) is 5.91 Å². The summed E-state index contributed by atoms with van der Waals surface area (Å²) in [6.45, 7) is 2.76. The van der Waals surface area contributed by atoms with E-state index in [-0.39, 0.29) is 0 Å². The molecule has 0 radical (unpaired) electrons. The normalized spacial score (nSPS) is 16.6. The number of aliphatic hydroxyl groups excluding tert-OH is 1. The molecule has 128 valence electrons. The van der Waals surface area contributed by atoms with Crippen LogP contribution in [0, 0.1) is 11.8 Å². The molecule has 1 aromatic carbocycles. The van der Waals surface area contributed by atoms with Gasteiger partial charge < -0.3 is 20.1 Å². The zero-order valence-corrected chi connectivity index (χ0v) is 14.0. The van der Waals surface area contributed by atoms with Crippen LogP contribution in [0.1, 0.15) is 47.4 Å². The number of primary amides is 1. The summed E-state index contributed by atoms with van der Waals surface area (Å²) in [5.41, 5.74) is 8.42. The predicted octanol–water partition coefficient (Wildman–Crippen LogP) is 1.65. The molecule has 1 atom stereocenters. The third-order valence-corrected chi connectivity index (χ3v) is 4.42. The Kier molecular flexibility index (Phi) is 3.74. The second-order valence-electron chi connectivity index (χ2n) is 6.46. The predicted molar refractivity (Wildman–Crippen MR) is 92.2 cm³/mol. The summed E-state index contributed by atoms with van der Waals surface area (Å²) in [6, 6.07) is 5.59. The Morgan fingerprint density at radius 3 is 2.96 bits per heavy atom. The minimum absolute atomic E-state index is 0.350. The van der Waals surface area contributed by atoms with Gasteiger partial charge in [-0.05, 0) is 38.0 Å². The van der Waals surface area contributed by atoms with Gasteiger partial charge in [0.05, 0.1) is 17.8 Å². The quantitative estimate of drug-likeness (QED) is 0.815. The molecule has 0 saturated heterocycles. The number of hydrogen-bond donors (Lipinski definition) is 2. The molecule has 6 nitrogen and oxygen atoms in total. The van der Waals surface area contributed by atoms with Gasteiger partial charge in [0.1, 0.15) is 30.0 Å². The Labute approximate surface area is 145 Å². The third kappa shape index (κ3) is 2.87. The topological polar surface area (TPSA) is 90.4 Å². The van der Waals surface area contributed by atoms with Gasteiger partial charge in [0.2, 0.25) is 0 Å². The monoisotopic (exact) mass is 337 g/mol. The van der Waals surface area contributed by atoms with Crippen molar-refractivity contribution in [1.82, 2.24) is 9.55 Å². The lowest BCUT2D eigenvalue weighted by atomic mass is 10.1. The molecule has 1 amide bonds. The van der Waals surface area contributed by atoms with Crippen molar-refractivity contribution >= 4 is 5.91 Å². The van der Waals surface area contributed by atoms with Gasteiger partial charge in [-0.2, -0.15) is 0 Å². The van der Waals surface area contributed by atoms with Gasteiger partial charge in [-0.25, -0.2) is 4.98 Å². The summed E-state index contributed by atoms with van der Waals surface area (Å²) in [7, 11) is 0. The van der Waals surface area contributed by atoms with Gasteiger partial charge in [-0.15, -0.1) is 0 Å². The number of benzene rings is 1. The van der Waals surface area contributed by atoms with E-state index in [1.54, 1.807) is 6.92 Å². The number of carbonyl (C=O) groups is 1. The molecule has 1 aliphatic carbocycles. The highest BCUT2D eigenvalue weighted by atomic mass is 16.5. The fourth-order valence-corrected chi connectivity index (χ4v) is 3.19. The molecule has 6 heteroatoms. The number of nitrogens with zero attached hydrogens (tertiary/aromatic N) is 2. The summed E-state index contributed by atoms with van der Waals surface area (Å²) in [5, 5.41) is 9.36. The minimum atomic E-state index is -0.694. The molecule has 4 rings (SSSR count). The molecule has 25 heavy (non-hydrogen) atoms. The van der Waals surface area contributed by atoms with Crippen LogP contribution in [-0.2, 0) is 6.54 Å². The van der Waals surface area contributed by atoms with E-state index in [0.717, 1.165) is 29.7 Å². The Morgan fingerprint density at radius 2 is 2.28 bits per heavy atom. The van der Waals surface area contributed by atoms with Crippen molar-refractivity contribution in [2.75, 3.05) is 6.61 Å². The number of nitrogens with two attached hydrogens (primary N) is 1. The maximum atomic E-state index is 11.9. The third-order valence-electron chi connectivity index (χ3n) is 4.42. The number of hydrogen-bond acceptors (Lipinski definition) is 4. The molecule has 1 saturated carbocycles. The maximum absolute atomic E-state index is 11.9. The average Bonchev–Trinajstić information content (AvgIpc) is 3.37. The average molecular weight is 337 g/mol. The first kappa shape index (κ1) is 15.7. The number of carbonyl (C=O) groups excluding carboxylic acids is 1. The van der Waals surface area contributed by atoms with Crippen molar-refractivity contribution in [2.45, 2.75) is 38.3 Å². The van der Waals surface area contributed by atoms with Crippen LogP contribution >= 0.6 is 0 Å². The second kappa shape index (κ2) is 5.94. The van der Waals surface area contributed by atoms with E-state index in [0.29, 0.717) is 36.3 Å². The molecule has 3 N–H and O–H groups in total. The molecule has 1 fully saturated rings. The molecule has 0 spiro atoms. The van der Waals surface area contributed by atoms with Crippen LogP contribution in [0.25, 0.3) is 11.4 Å². The maximum Gasteiger partial charge on any atom is 0.269 e. The van der Waals surface area contributed by atoms with Crippen molar-refractivity contribution in [3.8, 4) is 29.0 Å². The van der Waals surface area contributed by atoms with E-state index in [1.807, 2.05) is 18.2 Å². The molecule has 2 heterocycles. The first-order valence-corrected chi connectivity index (χ1v) is 8.41. The van der Waals surface area contributed by atoms with E-state index >= 15 is 0 Å². The van der Waals surface area contributed by atoms with E-state index in [4.69, 9.17) is 10.5 Å². The van der Waals surface area contributed by atoms with Crippen LogP contribution in [-0.4, -0.2) is 33.3 Å². The van der Waals surface area contributed by atoms with Gasteiger partial charge in [0.15, 0.2) is 0 Å². The lowest BCUT2D eigenvalue weighted by molar-refractivity contribution is 0.0994. The molecule has 1 unspecified atom stereocenters. The van der Waals surface area contributed by atoms with Crippen LogP contribution in [0.2, 0.25) is 0 Å². The van der Waals surface area contributed by atoms with Gasteiger partial charge in [-0.1, -0.05) is 11.8 Å². The first-order chi connectivity index (χ1) is 12.0. The Hall–Kier alpha value is -2.78. The van der Waals surface area contributed by atoms with Crippen LogP contribution in [0.15, 0.2) is 18.2 Å². The Bertz CT molecular complexity index is 914. The molecule has 2 aliphatic rings. The van der Waals surface area contributed by atoms with Crippen molar-refractivity contribution < 1.29 is 14.6 Å². The molecule has 1 aliphatic heterocycles. The van der Waals surface area contributed by atoms with Gasteiger partial charge in [-0.3, -0.25) is 4.79 Å². The molecule has 1 aromatic heterocycles. The lowest BCUT2D eigenvalue weighted by Crippen LogP contribution is -2.16. The fourth-order valence-electron chi connectivity index (χ4n) is 3.19. The zero-order chi connectivity index (χ0) is 17.6. The second-order valence-corrected chi connectivity index (χ2v) is 6.46. The minimum Gasteiger partial charge on any atom is -0.491 e. The number of aromatic nitrogens is 2. The number of rotatable bonds is 2. The van der Waals surface area contributed by atoms with E-state index in [1.165, 1.54) is 0 Å². The number of fused-ring (bicyclic) bond motifs is 3. The zero-order valence-electron chi connectivity index (χ0n) is 14.0. The Morgan fingerprint density at radius 1 is 1.48 bits per heavy atom. The molecular formula is C19H19N3O3. The van der Waals surface area contributed by atoms with Crippen LogP contribution in [0.3, 0.4) is 0 Å². The fraction of sp³-hybridized carbons (Fsp3) is 0.368. The largest absolute Gasteiger partial charge is 0.491 e. The summed E-state index contributed by atoms with van der Waals surface area (Å²) in [4.78, 5) is 16.4. The van der Waals surface area contributed by atoms with E-state index in [9.17, 15) is 9.90 Å². The van der Waals surface area contributed by atoms with Crippen molar-refractivity contribution in [1.29, 1.82) is 0 Å². The van der Waals surface area contributed by atoms with Crippen LogP contribution < -0.4 is 10.5 Å². The Balaban J connectivity index is 1.88. The lowest BCUT2D eigenvalue weighted by Gasteiger charge is -2.08. The van der Waals surface area contributed by atoms with Crippen molar-refractivity contribution in [3.63, 3.8) is 0 Å². The smallest absolute Gasteiger partial charge is 0.269 e. The molecule has 2 aromatic rings. The number of amides is 1. The highest BCUT2D eigenvalue weighted by molar-refractivity contribution is 5.93.